The van der Waals surface area contributed by atoms with Gasteiger partial charge in [0.25, 0.3) is 11.8 Å². The number of nitrogens with one attached hydrogen (secondary N) is 4. The van der Waals surface area contributed by atoms with Gasteiger partial charge in [0.1, 0.15) is 5.82 Å². The largest absolute Gasteiger partial charge is 0.370 e. The van der Waals surface area contributed by atoms with Crippen LogP contribution in [0.1, 0.15) is 6.42 Å². The molecule has 32 heavy (non-hydrogen) atoms. The molecule has 2 amide bonds. The zero-order valence-electron chi connectivity index (χ0n) is 18.4. The molecule has 12 heteroatoms. The molecule has 10 nitrogen and oxygen atoms in total. The van der Waals surface area contributed by atoms with Crippen molar-refractivity contribution in [2.24, 2.45) is 0 Å². The van der Waals surface area contributed by atoms with E-state index in [1.807, 2.05) is 32.1 Å². The lowest BCUT2D eigenvalue weighted by Gasteiger charge is -2.25. The number of thioether (sulfide) groups is 1. The van der Waals surface area contributed by atoms with Crippen molar-refractivity contribution in [2.45, 2.75) is 18.7 Å². The Bertz CT molecular complexity index is 835. The number of hydrogen-bond donors (Lipinski definition) is 5. The summed E-state index contributed by atoms with van der Waals surface area (Å²) in [5.74, 6) is -0.934. The Morgan fingerprint density at radius 3 is 2.78 bits per heavy atom. The molecule has 1 aliphatic heterocycles. The first-order chi connectivity index (χ1) is 15.1. The highest BCUT2D eigenvalue weighted by atomic mass is 35.5. The van der Waals surface area contributed by atoms with Crippen molar-refractivity contribution in [3.8, 4) is 0 Å². The standard InChI is InChI=1S/C20H30ClN7O3S/c1-27(2)11-14(25-19(30)20(31)26-16-7-6-13(21)9-23-16)10-24-18(29)17(22)32-15-5-4-8-28(3)12-15/h5-7,9,14,19,22,25,30H,4,8,10-12H2,1-3H3,(H,24,29)(H,23,26,31)/t14?,19-/m1/s1. The number of pyridine rings is 1. The zero-order chi connectivity index (χ0) is 23.7. The smallest absolute Gasteiger partial charge is 0.276 e. The Hall–Kier alpha value is -2.02. The summed E-state index contributed by atoms with van der Waals surface area (Å²) in [5, 5.41) is 26.7. The molecule has 0 radical (unpaired) electrons. The highest BCUT2D eigenvalue weighted by Gasteiger charge is 2.22. The average molecular weight is 484 g/mol. The van der Waals surface area contributed by atoms with Crippen molar-refractivity contribution in [1.29, 1.82) is 5.41 Å². The first-order valence-corrected chi connectivity index (χ1v) is 11.3. The maximum atomic E-state index is 12.4. The quantitative estimate of drug-likeness (QED) is 0.195. The molecule has 0 fully saturated rings. The fraction of sp³-hybridized carbons (Fsp3) is 0.500. The summed E-state index contributed by atoms with van der Waals surface area (Å²) >= 11 is 6.92. The molecule has 0 saturated carbocycles. The minimum atomic E-state index is -1.52. The number of amides is 2. The van der Waals surface area contributed by atoms with Crippen LogP contribution in [-0.4, -0.2) is 96.3 Å². The number of aromatic nitrogens is 1. The third-order valence-electron chi connectivity index (χ3n) is 4.46. The number of nitrogens with zero attached hydrogens (tertiary/aromatic N) is 3. The molecule has 0 saturated heterocycles. The maximum absolute atomic E-state index is 12.4. The second-order valence-electron chi connectivity index (χ2n) is 7.72. The van der Waals surface area contributed by atoms with E-state index in [1.165, 1.54) is 12.3 Å². The number of likely N-dealkylation sites (N-methyl/N-ethyl adjacent to an activating group) is 2. The fourth-order valence-corrected chi connectivity index (χ4v) is 3.99. The fourth-order valence-electron chi connectivity index (χ4n) is 2.96. The number of aliphatic hydroxyl groups excluding tert-OH is 1. The van der Waals surface area contributed by atoms with Gasteiger partial charge in [-0.05, 0) is 39.7 Å². The number of rotatable bonds is 9. The van der Waals surface area contributed by atoms with E-state index in [0.717, 1.165) is 36.2 Å². The van der Waals surface area contributed by atoms with Gasteiger partial charge >= 0.3 is 0 Å². The molecule has 0 aliphatic carbocycles. The molecule has 2 atom stereocenters. The molecule has 176 valence electrons. The van der Waals surface area contributed by atoms with Crippen LogP contribution in [0.4, 0.5) is 5.82 Å². The van der Waals surface area contributed by atoms with E-state index in [2.05, 4.69) is 25.8 Å². The van der Waals surface area contributed by atoms with E-state index < -0.39 is 24.1 Å². The van der Waals surface area contributed by atoms with Crippen LogP contribution in [0.3, 0.4) is 0 Å². The van der Waals surface area contributed by atoms with E-state index in [9.17, 15) is 14.7 Å². The number of carbonyl (C=O) groups excluding carboxylic acids is 2. The summed E-state index contributed by atoms with van der Waals surface area (Å²) in [7, 11) is 5.67. The van der Waals surface area contributed by atoms with E-state index in [-0.39, 0.29) is 17.4 Å². The monoisotopic (exact) mass is 483 g/mol. The number of halogens is 1. The second-order valence-corrected chi connectivity index (χ2v) is 9.29. The molecule has 5 N–H and O–H groups in total. The van der Waals surface area contributed by atoms with Gasteiger partial charge in [0, 0.05) is 43.3 Å². The third kappa shape index (κ3) is 9.23. The predicted octanol–water partition coefficient (Wildman–Crippen LogP) is 0.558. The van der Waals surface area contributed by atoms with Crippen LogP contribution in [0, 0.1) is 5.41 Å². The molecule has 1 aliphatic rings. The van der Waals surface area contributed by atoms with Gasteiger partial charge in [-0.2, -0.15) is 0 Å². The topological polar surface area (TPSA) is 134 Å². The van der Waals surface area contributed by atoms with Crippen molar-refractivity contribution >= 4 is 46.0 Å². The van der Waals surface area contributed by atoms with E-state index >= 15 is 0 Å². The number of carbonyl (C=O) groups is 2. The van der Waals surface area contributed by atoms with Crippen LogP contribution in [-0.2, 0) is 9.59 Å². The first-order valence-electron chi connectivity index (χ1n) is 10.1. The van der Waals surface area contributed by atoms with E-state index in [4.69, 9.17) is 17.0 Å². The molecule has 1 unspecified atom stereocenters. The molecular formula is C20H30ClN7O3S. The summed E-state index contributed by atoms with van der Waals surface area (Å²) in [6.07, 6.45) is 2.81. The van der Waals surface area contributed by atoms with Crippen molar-refractivity contribution < 1.29 is 14.7 Å². The maximum Gasteiger partial charge on any atom is 0.276 e. The Kier molecular flexibility index (Phi) is 10.6. The molecule has 0 spiro atoms. The van der Waals surface area contributed by atoms with Crippen LogP contribution in [0.2, 0.25) is 5.02 Å². The van der Waals surface area contributed by atoms with Crippen LogP contribution < -0.4 is 16.0 Å². The van der Waals surface area contributed by atoms with Gasteiger partial charge in [-0.25, -0.2) is 4.98 Å². The van der Waals surface area contributed by atoms with Gasteiger partial charge in [-0.1, -0.05) is 29.4 Å². The normalized spacial score (nSPS) is 16.2. The highest BCUT2D eigenvalue weighted by Crippen LogP contribution is 2.21. The summed E-state index contributed by atoms with van der Waals surface area (Å²) in [5.41, 5.74) is 0. The Morgan fingerprint density at radius 2 is 2.16 bits per heavy atom. The van der Waals surface area contributed by atoms with Gasteiger partial charge in [0.2, 0.25) is 0 Å². The number of anilines is 1. The summed E-state index contributed by atoms with van der Waals surface area (Å²) < 4.78 is 0. The molecule has 2 heterocycles. The van der Waals surface area contributed by atoms with Crippen LogP contribution in [0.15, 0.2) is 29.3 Å². The van der Waals surface area contributed by atoms with Crippen molar-refractivity contribution in [3.05, 3.63) is 34.3 Å². The molecular weight excluding hydrogens is 454 g/mol. The summed E-state index contributed by atoms with van der Waals surface area (Å²) in [4.78, 5) is 33.6. The highest BCUT2D eigenvalue weighted by molar-refractivity contribution is 8.18. The number of hydrogen-bond acceptors (Lipinski definition) is 9. The summed E-state index contributed by atoms with van der Waals surface area (Å²) in [6, 6.07) is 2.65. The van der Waals surface area contributed by atoms with E-state index in [0.29, 0.717) is 11.6 Å². The Labute approximate surface area is 197 Å². The predicted molar refractivity (Wildman–Crippen MR) is 128 cm³/mol. The molecule has 2 rings (SSSR count). The Balaban J connectivity index is 1.86. The first kappa shape index (κ1) is 26.2. The van der Waals surface area contributed by atoms with Crippen LogP contribution in [0.5, 0.6) is 0 Å². The summed E-state index contributed by atoms with van der Waals surface area (Å²) in [6.45, 7) is 2.25. The van der Waals surface area contributed by atoms with Gasteiger partial charge in [0.05, 0.1) is 5.02 Å². The van der Waals surface area contributed by atoms with Crippen molar-refractivity contribution in [1.82, 2.24) is 25.4 Å². The van der Waals surface area contributed by atoms with Gasteiger partial charge in [-0.3, -0.25) is 20.3 Å². The van der Waals surface area contributed by atoms with Crippen LogP contribution >= 0.6 is 23.4 Å². The Morgan fingerprint density at radius 1 is 1.41 bits per heavy atom. The van der Waals surface area contributed by atoms with Gasteiger partial charge in [0.15, 0.2) is 11.3 Å². The molecule has 1 aromatic rings. The van der Waals surface area contributed by atoms with Crippen molar-refractivity contribution in [2.75, 3.05) is 52.6 Å². The molecule has 1 aromatic heterocycles. The minimum absolute atomic E-state index is 0.0951. The lowest BCUT2D eigenvalue weighted by Crippen LogP contribution is -2.54. The minimum Gasteiger partial charge on any atom is -0.370 e. The average Bonchev–Trinajstić information content (AvgIpc) is 2.72. The van der Waals surface area contributed by atoms with Gasteiger partial charge < -0.3 is 25.5 Å². The second kappa shape index (κ2) is 12.9. The van der Waals surface area contributed by atoms with Crippen molar-refractivity contribution in [3.63, 3.8) is 0 Å². The molecule has 0 bridgehead atoms. The SMILES string of the molecule is CN(C)CC(CNC(=O)C(=N)SC1=CCCN(C)C1)N[C@H](O)C(=O)Nc1ccc(Cl)cn1. The van der Waals surface area contributed by atoms with Crippen LogP contribution in [0.25, 0.3) is 0 Å². The zero-order valence-corrected chi connectivity index (χ0v) is 20.0. The van der Waals surface area contributed by atoms with Gasteiger partial charge in [-0.15, -0.1) is 0 Å². The van der Waals surface area contributed by atoms with E-state index in [1.54, 1.807) is 6.07 Å². The lowest BCUT2D eigenvalue weighted by atomic mass is 10.2. The lowest BCUT2D eigenvalue weighted by molar-refractivity contribution is -0.126. The molecule has 0 aromatic carbocycles. The number of aliphatic hydroxyl groups is 1. The third-order valence-corrected chi connectivity index (χ3v) is 5.63.